The van der Waals surface area contributed by atoms with Crippen LogP contribution in [-0.2, 0) is 20.9 Å². The Morgan fingerprint density at radius 2 is 1.72 bits per heavy atom. The van der Waals surface area contributed by atoms with Crippen molar-refractivity contribution in [2.24, 2.45) is 5.92 Å². The molecule has 9 heteroatoms. The lowest BCUT2D eigenvalue weighted by Gasteiger charge is -2.28. The Bertz CT molecular complexity index is 1060. The highest BCUT2D eigenvalue weighted by molar-refractivity contribution is 6.00. The molecule has 0 bridgehead atoms. The Balaban J connectivity index is 1.57. The summed E-state index contributed by atoms with van der Waals surface area (Å²) in [5, 5.41) is 0. The predicted molar refractivity (Wildman–Crippen MR) is 134 cm³/mol. The first-order chi connectivity index (χ1) is 17.5. The van der Waals surface area contributed by atoms with Gasteiger partial charge in [0, 0.05) is 50.4 Å². The minimum absolute atomic E-state index is 0.00743. The van der Waals surface area contributed by atoms with Gasteiger partial charge in [0.2, 0.25) is 17.6 Å². The van der Waals surface area contributed by atoms with Crippen LogP contribution in [0.3, 0.4) is 0 Å². The molecule has 2 aromatic carbocycles. The van der Waals surface area contributed by atoms with Crippen LogP contribution in [0.1, 0.15) is 24.8 Å². The van der Waals surface area contributed by atoms with Crippen LogP contribution < -0.4 is 23.8 Å². The minimum Gasteiger partial charge on any atom is -0.496 e. The molecule has 0 radical (unpaired) electrons. The summed E-state index contributed by atoms with van der Waals surface area (Å²) in [5.41, 5.74) is 1.51. The number of hydrogen-bond acceptors (Lipinski definition) is 7. The van der Waals surface area contributed by atoms with Crippen LogP contribution in [0.4, 0.5) is 5.69 Å². The molecule has 0 N–H and O–H groups in total. The summed E-state index contributed by atoms with van der Waals surface area (Å²) < 4.78 is 27.6. The summed E-state index contributed by atoms with van der Waals surface area (Å²) in [6.45, 7) is 1.84. The van der Waals surface area contributed by atoms with Crippen molar-refractivity contribution in [3.63, 3.8) is 0 Å². The third-order valence-corrected chi connectivity index (χ3v) is 6.75. The number of amides is 2. The Kier molecular flexibility index (Phi) is 8.20. The van der Waals surface area contributed by atoms with Gasteiger partial charge in [-0.05, 0) is 18.9 Å². The fourth-order valence-corrected chi connectivity index (χ4v) is 4.91. The number of benzene rings is 2. The maximum Gasteiger partial charge on any atom is 0.228 e. The zero-order chi connectivity index (χ0) is 25.7. The van der Waals surface area contributed by atoms with Crippen molar-refractivity contribution >= 4 is 17.5 Å². The van der Waals surface area contributed by atoms with E-state index in [4.69, 9.17) is 23.7 Å². The van der Waals surface area contributed by atoms with Crippen molar-refractivity contribution in [1.29, 1.82) is 0 Å². The van der Waals surface area contributed by atoms with Gasteiger partial charge in [0.25, 0.3) is 0 Å². The third-order valence-electron chi connectivity index (χ3n) is 6.75. The Morgan fingerprint density at radius 3 is 2.33 bits per heavy atom. The van der Waals surface area contributed by atoms with E-state index in [2.05, 4.69) is 0 Å². The molecule has 2 amide bonds. The first-order valence-corrected chi connectivity index (χ1v) is 12.1. The summed E-state index contributed by atoms with van der Waals surface area (Å²) in [4.78, 5) is 30.3. The van der Waals surface area contributed by atoms with E-state index >= 15 is 0 Å². The Labute approximate surface area is 211 Å². The highest BCUT2D eigenvalue weighted by Crippen LogP contribution is 2.42. The van der Waals surface area contributed by atoms with E-state index in [0.29, 0.717) is 42.6 Å². The molecule has 4 rings (SSSR count). The second kappa shape index (κ2) is 11.5. The first kappa shape index (κ1) is 25.6. The lowest BCUT2D eigenvalue weighted by molar-refractivity contribution is -0.138. The molecule has 2 aromatic rings. The number of ether oxygens (including phenoxy) is 5. The molecule has 2 heterocycles. The molecule has 2 unspecified atom stereocenters. The van der Waals surface area contributed by atoms with E-state index < -0.39 is 5.92 Å². The van der Waals surface area contributed by atoms with Crippen LogP contribution in [0.15, 0.2) is 36.4 Å². The van der Waals surface area contributed by atoms with Crippen molar-refractivity contribution in [2.75, 3.05) is 53.0 Å². The van der Waals surface area contributed by atoms with Gasteiger partial charge in [0.1, 0.15) is 5.75 Å². The molecule has 2 aliphatic rings. The molecule has 194 valence electrons. The number of nitrogens with zero attached hydrogens (tertiary/aromatic N) is 2. The third kappa shape index (κ3) is 5.36. The van der Waals surface area contributed by atoms with Gasteiger partial charge >= 0.3 is 0 Å². The van der Waals surface area contributed by atoms with Crippen molar-refractivity contribution in [1.82, 2.24) is 4.90 Å². The summed E-state index contributed by atoms with van der Waals surface area (Å²) in [7, 11) is 6.20. The average Bonchev–Trinajstić information content (AvgIpc) is 3.56. The van der Waals surface area contributed by atoms with Gasteiger partial charge in [0.15, 0.2) is 11.5 Å². The van der Waals surface area contributed by atoms with Crippen molar-refractivity contribution < 1.29 is 33.3 Å². The van der Waals surface area contributed by atoms with Crippen molar-refractivity contribution in [3.8, 4) is 23.0 Å². The van der Waals surface area contributed by atoms with Gasteiger partial charge in [-0.15, -0.1) is 0 Å². The molecule has 0 aromatic heterocycles. The van der Waals surface area contributed by atoms with Crippen LogP contribution in [-0.4, -0.2) is 71.0 Å². The molecular formula is C27H34N2O7. The smallest absolute Gasteiger partial charge is 0.228 e. The monoisotopic (exact) mass is 498 g/mol. The molecule has 36 heavy (non-hydrogen) atoms. The second-order valence-corrected chi connectivity index (χ2v) is 8.95. The van der Waals surface area contributed by atoms with Crippen LogP contribution in [0, 0.1) is 5.92 Å². The summed E-state index contributed by atoms with van der Waals surface area (Å²) in [6, 6.07) is 11.1. The molecule has 0 saturated carbocycles. The topological polar surface area (TPSA) is 86.8 Å². The first-order valence-electron chi connectivity index (χ1n) is 12.1. The van der Waals surface area contributed by atoms with Gasteiger partial charge in [-0.1, -0.05) is 18.2 Å². The number of methoxy groups -OCH3 is 4. The molecule has 9 nitrogen and oxygen atoms in total. The highest BCUT2D eigenvalue weighted by atomic mass is 16.5. The highest BCUT2D eigenvalue weighted by Gasteiger charge is 2.39. The number of anilines is 1. The van der Waals surface area contributed by atoms with Gasteiger partial charge < -0.3 is 33.5 Å². The number of rotatable bonds is 10. The zero-order valence-electron chi connectivity index (χ0n) is 21.3. The number of para-hydroxylation sites is 1. The lowest BCUT2D eigenvalue weighted by Crippen LogP contribution is -2.41. The predicted octanol–water partition coefficient (Wildman–Crippen LogP) is 3.28. The van der Waals surface area contributed by atoms with Gasteiger partial charge in [0.05, 0.1) is 46.1 Å². The second-order valence-electron chi connectivity index (χ2n) is 8.95. The summed E-state index contributed by atoms with van der Waals surface area (Å²) in [6.07, 6.45) is 2.02. The molecule has 2 aliphatic heterocycles. The fraction of sp³-hybridized carbons (Fsp3) is 0.481. The van der Waals surface area contributed by atoms with Crippen molar-refractivity contribution in [2.45, 2.75) is 31.9 Å². The zero-order valence-corrected chi connectivity index (χ0v) is 21.3. The standard InChI is InChI=1S/C27H34N2O7/c1-32-22-10-6-5-8-18(22)15-28(17-21-9-7-11-36-21)27(31)19-12-25(30)29(16-19)20-13-23(33-2)26(35-4)24(14-20)34-3/h5-6,8,10,13-14,19,21H,7,9,11-12,15-17H2,1-4H3. The molecule has 0 aliphatic carbocycles. The number of carbonyl (C=O) groups excluding carboxylic acids is 2. The van der Waals surface area contributed by atoms with E-state index in [-0.39, 0.29) is 30.9 Å². The van der Waals surface area contributed by atoms with Crippen LogP contribution in [0.2, 0.25) is 0 Å². The fourth-order valence-electron chi connectivity index (χ4n) is 4.91. The largest absolute Gasteiger partial charge is 0.496 e. The van der Waals surface area contributed by atoms with E-state index in [1.807, 2.05) is 29.2 Å². The summed E-state index contributed by atoms with van der Waals surface area (Å²) in [5.74, 6) is 1.40. The average molecular weight is 499 g/mol. The summed E-state index contributed by atoms with van der Waals surface area (Å²) >= 11 is 0. The number of carbonyl (C=O) groups is 2. The van der Waals surface area contributed by atoms with Gasteiger partial charge in [-0.3, -0.25) is 9.59 Å². The van der Waals surface area contributed by atoms with Crippen molar-refractivity contribution in [3.05, 3.63) is 42.0 Å². The Hall–Kier alpha value is -3.46. The maximum absolute atomic E-state index is 13.8. The molecule has 2 atom stereocenters. The SMILES string of the molecule is COc1ccccc1CN(CC1CCCO1)C(=O)C1CC(=O)N(c2cc(OC)c(OC)c(OC)c2)C1. The van der Waals surface area contributed by atoms with E-state index in [1.54, 1.807) is 24.1 Å². The van der Waals surface area contributed by atoms with Crippen LogP contribution in [0.5, 0.6) is 23.0 Å². The van der Waals surface area contributed by atoms with Gasteiger partial charge in [-0.25, -0.2) is 0 Å². The molecule has 0 spiro atoms. The number of hydrogen-bond donors (Lipinski definition) is 0. The van der Waals surface area contributed by atoms with Gasteiger partial charge in [-0.2, -0.15) is 0 Å². The van der Waals surface area contributed by atoms with Crippen LogP contribution >= 0.6 is 0 Å². The van der Waals surface area contributed by atoms with E-state index in [1.165, 1.54) is 21.3 Å². The quantitative estimate of drug-likeness (QED) is 0.497. The molecular weight excluding hydrogens is 464 g/mol. The lowest BCUT2D eigenvalue weighted by atomic mass is 10.1. The Morgan fingerprint density at radius 1 is 1.03 bits per heavy atom. The van der Waals surface area contributed by atoms with E-state index in [9.17, 15) is 9.59 Å². The van der Waals surface area contributed by atoms with E-state index in [0.717, 1.165) is 24.2 Å². The maximum atomic E-state index is 13.8. The normalized spacial score (nSPS) is 19.3. The molecule has 2 saturated heterocycles. The van der Waals surface area contributed by atoms with Crippen LogP contribution in [0.25, 0.3) is 0 Å². The minimum atomic E-state index is -0.479. The molecule has 2 fully saturated rings.